The lowest BCUT2D eigenvalue weighted by molar-refractivity contribution is -0.338. The lowest BCUT2D eigenvalue weighted by Gasteiger charge is -2.43. The van der Waals surface area contributed by atoms with Gasteiger partial charge >= 0.3 is 11.9 Å². The van der Waals surface area contributed by atoms with E-state index in [1.54, 1.807) is 17.1 Å². The number of nitrogens with zero attached hydrogens (tertiary/aromatic N) is 1. The molecule has 4 aliphatic rings. The minimum absolute atomic E-state index is 0.0414. The Morgan fingerprint density at radius 3 is 2.47 bits per heavy atom. The number of β-amino-alcohol motifs (C(OH)–C–C–N with tert-alkyl or cyclic N) is 1. The zero-order chi connectivity index (χ0) is 31.1. The summed E-state index contributed by atoms with van der Waals surface area (Å²) in [5.74, 6) is -3.10. The molecule has 0 bridgehead atoms. The average molecular weight is 608 g/mol. The highest BCUT2D eigenvalue weighted by molar-refractivity contribution is 5.90. The maximum absolute atomic E-state index is 12.9. The van der Waals surface area contributed by atoms with Gasteiger partial charge in [0.25, 0.3) is 0 Å². The van der Waals surface area contributed by atoms with Gasteiger partial charge in [-0.2, -0.15) is 0 Å². The summed E-state index contributed by atoms with van der Waals surface area (Å²) >= 11 is 0. The second-order valence-electron chi connectivity index (χ2n) is 11.1. The summed E-state index contributed by atoms with van der Waals surface area (Å²) in [4.78, 5) is 26.3. The topological polar surface area (TPSA) is 196 Å². The van der Waals surface area contributed by atoms with Crippen molar-refractivity contribution >= 4 is 11.9 Å². The van der Waals surface area contributed by atoms with E-state index in [4.69, 9.17) is 18.9 Å². The molecule has 1 aliphatic carbocycles. The Kier molecular flexibility index (Phi) is 11.5. The molecular formula is C30H41NO12. The van der Waals surface area contributed by atoms with Crippen LogP contribution in [0.1, 0.15) is 32.1 Å². The Morgan fingerprint density at radius 1 is 1.07 bits per heavy atom. The molecule has 3 aliphatic heterocycles. The number of esters is 1. The van der Waals surface area contributed by atoms with Gasteiger partial charge in [0.05, 0.1) is 43.6 Å². The van der Waals surface area contributed by atoms with Gasteiger partial charge in [-0.3, -0.25) is 0 Å². The summed E-state index contributed by atoms with van der Waals surface area (Å²) in [7, 11) is 1.25. The van der Waals surface area contributed by atoms with Crippen molar-refractivity contribution < 1.29 is 59.2 Å². The second-order valence-corrected chi connectivity index (χ2v) is 11.1. The number of carboxylic acid groups (broad SMARTS) is 1. The highest BCUT2D eigenvalue weighted by atomic mass is 16.8. The molecule has 0 aromatic heterocycles. The maximum Gasteiger partial charge on any atom is 0.337 e. The molecule has 2 fully saturated rings. The van der Waals surface area contributed by atoms with Crippen molar-refractivity contribution in [2.75, 3.05) is 33.4 Å². The molecule has 238 valence electrons. The van der Waals surface area contributed by atoms with Gasteiger partial charge in [0, 0.05) is 25.2 Å². The van der Waals surface area contributed by atoms with Crippen molar-refractivity contribution in [3.8, 4) is 0 Å². The van der Waals surface area contributed by atoms with Crippen molar-refractivity contribution in [3.63, 3.8) is 0 Å². The Labute approximate surface area is 249 Å². The number of allylic oxidation sites excluding steroid dienone is 2. The SMILES string of the molecule is COC(=O)C1=CO[C@@H](O[C@@H]2O[C@H](CO)[C@@H](O)[C@H](O)[C@H]2O)[C@H](C=C2CCCCC2)[C@@H]1C=CC1=CC(C(=O)O)=CN(CCO)C1. The number of aliphatic carboxylic acids is 1. The van der Waals surface area contributed by atoms with Crippen LogP contribution in [0.5, 0.6) is 0 Å². The van der Waals surface area contributed by atoms with E-state index in [2.05, 4.69) is 0 Å². The van der Waals surface area contributed by atoms with E-state index in [1.165, 1.54) is 25.6 Å². The van der Waals surface area contributed by atoms with Crippen LogP contribution in [-0.4, -0.2) is 118 Å². The Balaban J connectivity index is 1.70. The minimum Gasteiger partial charge on any atom is -0.478 e. The molecule has 0 aromatic rings. The first-order chi connectivity index (χ1) is 20.7. The third-order valence-electron chi connectivity index (χ3n) is 8.08. The van der Waals surface area contributed by atoms with Crippen LogP contribution in [0.2, 0.25) is 0 Å². The summed E-state index contributed by atoms with van der Waals surface area (Å²) in [6.45, 7) is -0.236. The van der Waals surface area contributed by atoms with E-state index in [1.807, 2.05) is 6.08 Å². The first kappa shape index (κ1) is 32.9. The molecule has 0 unspecified atom stereocenters. The normalized spacial score (nSPS) is 33.3. The molecule has 0 aromatic carbocycles. The summed E-state index contributed by atoms with van der Waals surface area (Å²) < 4.78 is 22.5. The Morgan fingerprint density at radius 2 is 1.81 bits per heavy atom. The molecule has 8 atom stereocenters. The van der Waals surface area contributed by atoms with Gasteiger partial charge in [-0.15, -0.1) is 0 Å². The fraction of sp³-hybridized carbons (Fsp3) is 0.600. The van der Waals surface area contributed by atoms with E-state index >= 15 is 0 Å². The molecule has 3 heterocycles. The minimum atomic E-state index is -1.66. The van der Waals surface area contributed by atoms with Crippen molar-refractivity contribution in [1.29, 1.82) is 0 Å². The predicted molar refractivity (Wildman–Crippen MR) is 150 cm³/mol. The predicted octanol–water partition coefficient (Wildman–Crippen LogP) is 0.0980. The van der Waals surface area contributed by atoms with Gasteiger partial charge in [-0.25, -0.2) is 9.59 Å². The Hall–Kier alpha value is -3.04. The van der Waals surface area contributed by atoms with E-state index < -0.39 is 67.4 Å². The van der Waals surface area contributed by atoms with Gasteiger partial charge in [0.2, 0.25) is 6.29 Å². The number of hydrogen-bond acceptors (Lipinski definition) is 12. The number of methoxy groups -OCH3 is 1. The Bertz CT molecular complexity index is 1150. The fourth-order valence-electron chi connectivity index (χ4n) is 5.76. The molecule has 1 saturated heterocycles. The molecule has 13 nitrogen and oxygen atoms in total. The fourth-order valence-corrected chi connectivity index (χ4v) is 5.76. The standard InChI is InChI=1S/C30H41NO12/c1-40-28(39)22-16-41-29(43-30-26(36)25(35)24(34)23(15-33)42-30)21(12-17-5-3-2-4-6-17)20(22)8-7-18-11-19(27(37)38)14-31(13-18)9-10-32/h7-8,11-12,14,16,20-21,23-26,29-30,32-36H,2-6,9-10,13,15H2,1H3,(H,37,38)/t20-,21+,23+,24+,25-,26+,29-,30-/m0/s1. The van der Waals surface area contributed by atoms with Crippen molar-refractivity contribution in [2.45, 2.75) is 69.1 Å². The van der Waals surface area contributed by atoms with Gasteiger partial charge in [0.15, 0.2) is 6.29 Å². The molecule has 6 N–H and O–H groups in total. The summed E-state index contributed by atoms with van der Waals surface area (Å²) in [6.07, 6.45) is 5.74. The highest BCUT2D eigenvalue weighted by Crippen LogP contribution is 2.39. The molecule has 0 spiro atoms. The highest BCUT2D eigenvalue weighted by Gasteiger charge is 2.47. The van der Waals surface area contributed by atoms with Crippen LogP contribution in [0.4, 0.5) is 0 Å². The quantitative estimate of drug-likeness (QED) is 0.145. The van der Waals surface area contributed by atoms with Crippen LogP contribution >= 0.6 is 0 Å². The third-order valence-corrected chi connectivity index (χ3v) is 8.08. The molecule has 1 saturated carbocycles. The van der Waals surface area contributed by atoms with Crippen LogP contribution in [0.15, 0.2) is 59.1 Å². The van der Waals surface area contributed by atoms with E-state index in [0.717, 1.165) is 37.7 Å². The van der Waals surface area contributed by atoms with Crippen molar-refractivity contribution in [2.24, 2.45) is 11.8 Å². The van der Waals surface area contributed by atoms with E-state index in [9.17, 15) is 40.2 Å². The number of carbonyl (C=O) groups excluding carboxylic acids is 1. The van der Waals surface area contributed by atoms with E-state index in [0.29, 0.717) is 12.1 Å². The number of carboxylic acids is 1. The van der Waals surface area contributed by atoms with Crippen LogP contribution in [0.25, 0.3) is 0 Å². The largest absolute Gasteiger partial charge is 0.478 e. The molecule has 0 radical (unpaired) electrons. The van der Waals surface area contributed by atoms with Crippen molar-refractivity contribution in [1.82, 2.24) is 4.90 Å². The zero-order valence-corrected chi connectivity index (χ0v) is 24.0. The maximum atomic E-state index is 12.9. The molecule has 4 rings (SSSR count). The van der Waals surface area contributed by atoms with Gasteiger partial charge in [0.1, 0.15) is 24.4 Å². The third kappa shape index (κ3) is 7.92. The number of aliphatic hydroxyl groups is 5. The monoisotopic (exact) mass is 607 g/mol. The number of ether oxygens (including phenoxy) is 4. The first-order valence-electron chi connectivity index (χ1n) is 14.4. The number of rotatable bonds is 10. The summed E-state index contributed by atoms with van der Waals surface area (Å²) in [5, 5.41) is 59.7. The number of carbonyl (C=O) groups is 2. The zero-order valence-electron chi connectivity index (χ0n) is 24.0. The second kappa shape index (κ2) is 15.1. The van der Waals surface area contributed by atoms with Gasteiger partial charge in [-0.05, 0) is 37.3 Å². The number of aliphatic hydroxyl groups excluding tert-OH is 5. The van der Waals surface area contributed by atoms with Gasteiger partial charge in [-0.1, -0.05) is 30.2 Å². The van der Waals surface area contributed by atoms with Crippen LogP contribution < -0.4 is 0 Å². The summed E-state index contributed by atoms with van der Waals surface area (Å²) in [6, 6.07) is 0. The van der Waals surface area contributed by atoms with Crippen LogP contribution in [-0.2, 0) is 28.5 Å². The molecule has 43 heavy (non-hydrogen) atoms. The van der Waals surface area contributed by atoms with Crippen LogP contribution in [0.3, 0.4) is 0 Å². The van der Waals surface area contributed by atoms with Gasteiger partial charge < -0.3 is 54.5 Å². The first-order valence-corrected chi connectivity index (χ1v) is 14.4. The smallest absolute Gasteiger partial charge is 0.337 e. The van der Waals surface area contributed by atoms with Crippen molar-refractivity contribution in [3.05, 3.63) is 59.1 Å². The lowest BCUT2D eigenvalue weighted by atomic mass is 9.80. The molecule has 13 heteroatoms. The molecule has 0 amide bonds. The molecular weight excluding hydrogens is 566 g/mol. The number of hydrogen-bond donors (Lipinski definition) is 6. The van der Waals surface area contributed by atoms with E-state index in [-0.39, 0.29) is 24.3 Å². The summed E-state index contributed by atoms with van der Waals surface area (Å²) in [5.41, 5.74) is 1.98. The lowest BCUT2D eigenvalue weighted by Crippen LogP contribution is -2.60. The van der Waals surface area contributed by atoms with Crippen LogP contribution in [0, 0.1) is 11.8 Å². The average Bonchev–Trinajstić information content (AvgIpc) is 3.01.